The van der Waals surface area contributed by atoms with Gasteiger partial charge in [-0.05, 0) is 19.1 Å². The van der Waals surface area contributed by atoms with E-state index in [1.54, 1.807) is 25.1 Å². The van der Waals surface area contributed by atoms with Crippen molar-refractivity contribution in [1.29, 1.82) is 0 Å². The smallest absolute Gasteiger partial charge is 0.327 e. The van der Waals surface area contributed by atoms with E-state index in [4.69, 9.17) is 10.5 Å². The molecule has 112 valence electrons. The molecule has 0 radical (unpaired) electrons. The first-order valence-electron chi connectivity index (χ1n) is 6.11. The molecule has 0 bridgehead atoms. The number of carbonyl (C=O) groups is 1. The Bertz CT molecular complexity index is 740. The molecular weight excluding hydrogens is 296 g/mol. The maximum atomic E-state index is 12.4. The highest BCUT2D eigenvalue weighted by molar-refractivity contribution is 7.91. The van der Waals surface area contributed by atoms with Gasteiger partial charge in [-0.25, -0.2) is 13.1 Å². The lowest BCUT2D eigenvalue weighted by atomic mass is 10.4. The molecule has 9 heteroatoms. The summed E-state index contributed by atoms with van der Waals surface area (Å²) in [5, 5.41) is 6.78. The number of benzene rings is 1. The molecule has 0 aliphatic carbocycles. The minimum absolute atomic E-state index is 0.0554. The Morgan fingerprint density at radius 3 is 2.62 bits per heavy atom. The number of nitrogens with two attached hydrogens (primary N) is 1. The average Bonchev–Trinajstić information content (AvgIpc) is 2.82. The molecule has 0 amide bonds. The molecule has 0 spiro atoms. The van der Waals surface area contributed by atoms with Crippen LogP contribution in [0, 0.1) is 0 Å². The van der Waals surface area contributed by atoms with Crippen molar-refractivity contribution in [2.75, 3.05) is 12.3 Å². The number of hydrogen-bond donors (Lipinski definition) is 1. The van der Waals surface area contributed by atoms with Gasteiger partial charge in [0.1, 0.15) is 6.54 Å². The van der Waals surface area contributed by atoms with Crippen molar-refractivity contribution < 1.29 is 17.9 Å². The minimum Gasteiger partial charge on any atom is -0.465 e. The summed E-state index contributed by atoms with van der Waals surface area (Å²) in [6, 6.07) is 7.73. The zero-order valence-corrected chi connectivity index (χ0v) is 12.1. The van der Waals surface area contributed by atoms with E-state index in [1.807, 2.05) is 0 Å². The molecule has 0 fully saturated rings. The second-order valence-electron chi connectivity index (χ2n) is 4.06. The molecule has 1 aromatic heterocycles. The Hall–Kier alpha value is -2.42. The third-order valence-corrected chi connectivity index (χ3v) is 4.33. The molecule has 0 unspecified atom stereocenters. The summed E-state index contributed by atoms with van der Waals surface area (Å²) in [6.45, 7) is 1.58. The van der Waals surface area contributed by atoms with Gasteiger partial charge in [-0.1, -0.05) is 23.4 Å². The van der Waals surface area contributed by atoms with E-state index in [0.29, 0.717) is 0 Å². The predicted molar refractivity (Wildman–Crippen MR) is 73.0 cm³/mol. The lowest BCUT2D eigenvalue weighted by Crippen LogP contribution is -2.16. The van der Waals surface area contributed by atoms with Crippen LogP contribution in [-0.2, 0) is 25.9 Å². The van der Waals surface area contributed by atoms with Crippen molar-refractivity contribution in [3.63, 3.8) is 0 Å². The SMILES string of the molecule is CCOC(=O)Cn1nnc(S(=O)(=O)c2ccccc2)c1N. The quantitative estimate of drug-likeness (QED) is 0.787. The Morgan fingerprint density at radius 1 is 1.33 bits per heavy atom. The summed E-state index contributed by atoms with van der Waals surface area (Å²) in [6.07, 6.45) is 0. The number of rotatable bonds is 5. The number of sulfone groups is 1. The molecule has 0 aliphatic heterocycles. The maximum Gasteiger partial charge on any atom is 0.327 e. The number of aromatic nitrogens is 3. The summed E-state index contributed by atoms with van der Waals surface area (Å²) < 4.78 is 30.5. The third kappa shape index (κ3) is 3.02. The summed E-state index contributed by atoms with van der Waals surface area (Å²) in [4.78, 5) is 11.4. The summed E-state index contributed by atoms with van der Waals surface area (Å²) in [5.41, 5.74) is 5.72. The molecule has 8 nitrogen and oxygen atoms in total. The zero-order valence-electron chi connectivity index (χ0n) is 11.3. The third-order valence-electron chi connectivity index (χ3n) is 2.63. The van der Waals surface area contributed by atoms with E-state index < -0.39 is 15.8 Å². The Morgan fingerprint density at radius 2 is 2.00 bits per heavy atom. The molecule has 0 atom stereocenters. The van der Waals surface area contributed by atoms with Gasteiger partial charge in [0.15, 0.2) is 5.82 Å². The first-order chi connectivity index (χ1) is 9.96. The summed E-state index contributed by atoms with van der Waals surface area (Å²) in [7, 11) is -3.87. The van der Waals surface area contributed by atoms with E-state index >= 15 is 0 Å². The van der Waals surface area contributed by atoms with Crippen molar-refractivity contribution in [2.45, 2.75) is 23.4 Å². The van der Waals surface area contributed by atoms with Gasteiger partial charge in [0.05, 0.1) is 11.5 Å². The highest BCUT2D eigenvalue weighted by Gasteiger charge is 2.26. The van der Waals surface area contributed by atoms with Crippen LogP contribution in [0.3, 0.4) is 0 Å². The Kier molecular flexibility index (Phi) is 4.22. The van der Waals surface area contributed by atoms with Crippen LogP contribution in [0.25, 0.3) is 0 Å². The van der Waals surface area contributed by atoms with Gasteiger partial charge in [0, 0.05) is 0 Å². The summed E-state index contributed by atoms with van der Waals surface area (Å²) in [5.74, 6) is -0.773. The number of carbonyl (C=O) groups excluding carboxylic acids is 1. The van der Waals surface area contributed by atoms with Gasteiger partial charge >= 0.3 is 5.97 Å². The average molecular weight is 310 g/mol. The van der Waals surface area contributed by atoms with E-state index in [0.717, 1.165) is 4.68 Å². The number of esters is 1. The monoisotopic (exact) mass is 310 g/mol. The van der Waals surface area contributed by atoms with Gasteiger partial charge in [-0.2, -0.15) is 0 Å². The number of anilines is 1. The Balaban J connectivity index is 2.34. The fraction of sp³-hybridized carbons (Fsp3) is 0.250. The van der Waals surface area contributed by atoms with Crippen molar-refractivity contribution in [3.05, 3.63) is 30.3 Å². The van der Waals surface area contributed by atoms with E-state index in [2.05, 4.69) is 10.3 Å². The lowest BCUT2D eigenvalue weighted by Gasteiger charge is -2.04. The molecule has 2 aromatic rings. The fourth-order valence-electron chi connectivity index (χ4n) is 1.65. The largest absolute Gasteiger partial charge is 0.465 e. The van der Waals surface area contributed by atoms with Crippen LogP contribution in [0.1, 0.15) is 6.92 Å². The topological polar surface area (TPSA) is 117 Å². The molecular formula is C12H14N4O4S. The molecule has 1 aromatic carbocycles. The van der Waals surface area contributed by atoms with Crippen molar-refractivity contribution >= 4 is 21.6 Å². The highest BCUT2D eigenvalue weighted by Crippen LogP contribution is 2.23. The number of hydrogen-bond acceptors (Lipinski definition) is 7. The standard InChI is InChI=1S/C12H14N4O4S/c1-2-20-10(17)8-16-11(13)12(14-15-16)21(18,19)9-6-4-3-5-7-9/h3-7H,2,8,13H2,1H3. The van der Waals surface area contributed by atoms with Crippen molar-refractivity contribution in [1.82, 2.24) is 15.0 Å². The number of nitrogen functional groups attached to an aromatic ring is 1. The van der Waals surface area contributed by atoms with E-state index in [9.17, 15) is 13.2 Å². The van der Waals surface area contributed by atoms with Crippen LogP contribution in [0.2, 0.25) is 0 Å². The zero-order chi connectivity index (χ0) is 15.5. The Labute approximate surface area is 121 Å². The van der Waals surface area contributed by atoms with E-state index in [-0.39, 0.29) is 28.9 Å². The second-order valence-corrected chi connectivity index (χ2v) is 5.92. The molecule has 0 aliphatic rings. The maximum absolute atomic E-state index is 12.4. The van der Waals surface area contributed by atoms with Gasteiger partial charge in [0.2, 0.25) is 14.9 Å². The first-order valence-corrected chi connectivity index (χ1v) is 7.60. The van der Waals surface area contributed by atoms with Crippen LogP contribution in [0.4, 0.5) is 5.82 Å². The highest BCUT2D eigenvalue weighted by atomic mass is 32.2. The summed E-state index contributed by atoms with van der Waals surface area (Å²) >= 11 is 0. The second kappa shape index (κ2) is 5.92. The van der Waals surface area contributed by atoms with Crippen molar-refractivity contribution in [3.8, 4) is 0 Å². The van der Waals surface area contributed by atoms with Gasteiger partial charge < -0.3 is 10.5 Å². The van der Waals surface area contributed by atoms with Gasteiger partial charge in [-0.3, -0.25) is 4.79 Å². The van der Waals surface area contributed by atoms with Crippen LogP contribution in [0.15, 0.2) is 40.3 Å². The van der Waals surface area contributed by atoms with Gasteiger partial charge in [0.25, 0.3) is 0 Å². The predicted octanol–water partition coefficient (Wildman–Crippen LogP) is 0.256. The van der Waals surface area contributed by atoms with E-state index in [1.165, 1.54) is 12.1 Å². The van der Waals surface area contributed by atoms with Crippen LogP contribution in [-0.4, -0.2) is 36.0 Å². The molecule has 0 saturated heterocycles. The first kappa shape index (κ1) is 15.0. The van der Waals surface area contributed by atoms with Crippen molar-refractivity contribution in [2.24, 2.45) is 0 Å². The number of ether oxygens (including phenoxy) is 1. The minimum atomic E-state index is -3.87. The molecule has 21 heavy (non-hydrogen) atoms. The fourth-order valence-corrected chi connectivity index (χ4v) is 2.92. The lowest BCUT2D eigenvalue weighted by molar-refractivity contribution is -0.144. The molecule has 0 saturated carbocycles. The van der Waals surface area contributed by atoms with Crippen LogP contribution < -0.4 is 5.73 Å². The number of nitrogens with zero attached hydrogens (tertiary/aromatic N) is 3. The molecule has 2 N–H and O–H groups in total. The van der Waals surface area contributed by atoms with Crippen LogP contribution in [0.5, 0.6) is 0 Å². The van der Waals surface area contributed by atoms with Crippen LogP contribution >= 0.6 is 0 Å². The normalized spacial score (nSPS) is 11.3. The van der Waals surface area contributed by atoms with Gasteiger partial charge in [-0.15, -0.1) is 5.10 Å². The molecule has 2 rings (SSSR count). The molecule has 1 heterocycles.